The minimum atomic E-state index is -3.74. The number of rotatable bonds is 8. The lowest BCUT2D eigenvalue weighted by Crippen LogP contribution is -2.28. The number of nitrogens with zero attached hydrogens (tertiary/aromatic N) is 3. The molecule has 1 fully saturated rings. The molecule has 2 aromatic carbocycles. The number of thioether (sulfide) groups is 1. The Bertz CT molecular complexity index is 1190. The van der Waals surface area contributed by atoms with Gasteiger partial charge in [-0.1, -0.05) is 53.4 Å². The molecule has 1 aliphatic heterocycles. The monoisotopic (exact) mass is 490 g/mol. The van der Waals surface area contributed by atoms with Crippen LogP contribution in [0.4, 0.5) is 5.13 Å². The number of carbonyl (C=O) groups is 1. The highest BCUT2D eigenvalue weighted by Gasteiger charge is 2.30. The van der Waals surface area contributed by atoms with E-state index in [1.165, 1.54) is 58.3 Å². The van der Waals surface area contributed by atoms with Crippen molar-refractivity contribution in [3.8, 4) is 5.75 Å². The van der Waals surface area contributed by atoms with Crippen LogP contribution in [0.1, 0.15) is 28.8 Å². The summed E-state index contributed by atoms with van der Waals surface area (Å²) < 4.78 is 33.5. The molecular formula is C21H22N4O4S3. The van der Waals surface area contributed by atoms with E-state index in [2.05, 4.69) is 15.5 Å². The molecule has 1 aliphatic rings. The fourth-order valence-electron chi connectivity index (χ4n) is 3.29. The molecule has 0 atom stereocenters. The van der Waals surface area contributed by atoms with Gasteiger partial charge in [-0.3, -0.25) is 10.1 Å². The van der Waals surface area contributed by atoms with E-state index in [9.17, 15) is 13.2 Å². The third-order valence-electron chi connectivity index (χ3n) is 4.94. The Morgan fingerprint density at radius 2 is 1.91 bits per heavy atom. The first kappa shape index (κ1) is 22.7. The molecule has 32 heavy (non-hydrogen) atoms. The van der Waals surface area contributed by atoms with Gasteiger partial charge in [0.2, 0.25) is 15.2 Å². The molecular weight excluding hydrogens is 468 g/mol. The minimum absolute atomic E-state index is 0.00841. The zero-order valence-electron chi connectivity index (χ0n) is 17.4. The van der Waals surface area contributed by atoms with E-state index in [1.54, 1.807) is 0 Å². The smallest absolute Gasteiger partial charge is 0.257 e. The van der Waals surface area contributed by atoms with Gasteiger partial charge >= 0.3 is 0 Å². The largest absolute Gasteiger partial charge is 0.495 e. The minimum Gasteiger partial charge on any atom is -0.495 e. The second-order valence-corrected chi connectivity index (χ2v) is 11.2. The molecule has 0 unspecified atom stereocenters. The summed E-state index contributed by atoms with van der Waals surface area (Å²) in [5, 5.41) is 11.2. The SMILES string of the molecule is COc1ccc(C(=O)Nc2nnc(SCc3ccccc3)s2)cc1S(=O)(=O)N1CCCC1. The molecule has 0 radical (unpaired) electrons. The highest BCUT2D eigenvalue weighted by molar-refractivity contribution is 8.00. The van der Waals surface area contributed by atoms with Gasteiger partial charge in [0.1, 0.15) is 10.6 Å². The van der Waals surface area contributed by atoms with Gasteiger partial charge in [0, 0.05) is 24.4 Å². The molecule has 168 valence electrons. The summed E-state index contributed by atoms with van der Waals surface area (Å²) in [5.41, 5.74) is 1.38. The Balaban J connectivity index is 1.47. The summed E-state index contributed by atoms with van der Waals surface area (Å²) in [6, 6.07) is 14.4. The summed E-state index contributed by atoms with van der Waals surface area (Å²) in [6.07, 6.45) is 1.65. The van der Waals surface area contributed by atoms with E-state index in [0.717, 1.165) is 22.9 Å². The molecule has 8 nitrogen and oxygen atoms in total. The topological polar surface area (TPSA) is 101 Å². The van der Waals surface area contributed by atoms with Gasteiger partial charge in [-0.25, -0.2) is 8.42 Å². The van der Waals surface area contributed by atoms with Gasteiger partial charge in [0.05, 0.1) is 7.11 Å². The molecule has 11 heteroatoms. The first-order valence-electron chi connectivity index (χ1n) is 9.97. The Morgan fingerprint density at radius 3 is 2.62 bits per heavy atom. The Labute approximate surface area is 195 Å². The van der Waals surface area contributed by atoms with Crippen molar-refractivity contribution in [3.63, 3.8) is 0 Å². The number of ether oxygens (including phenoxy) is 1. The Hall–Kier alpha value is -2.47. The number of nitrogens with one attached hydrogen (secondary N) is 1. The van der Waals surface area contributed by atoms with E-state index >= 15 is 0 Å². The molecule has 1 saturated heterocycles. The Morgan fingerprint density at radius 1 is 1.16 bits per heavy atom. The zero-order chi connectivity index (χ0) is 22.6. The second kappa shape index (κ2) is 9.99. The summed E-state index contributed by atoms with van der Waals surface area (Å²) in [4.78, 5) is 12.8. The summed E-state index contributed by atoms with van der Waals surface area (Å²) in [5.74, 6) is 0.504. The zero-order valence-corrected chi connectivity index (χ0v) is 19.8. The van der Waals surface area contributed by atoms with Crippen LogP contribution in [0.25, 0.3) is 0 Å². The van der Waals surface area contributed by atoms with Gasteiger partial charge in [0.25, 0.3) is 5.91 Å². The molecule has 1 aromatic heterocycles. The van der Waals surface area contributed by atoms with Crippen LogP contribution in [0.5, 0.6) is 5.75 Å². The molecule has 3 aromatic rings. The lowest BCUT2D eigenvalue weighted by molar-refractivity contribution is 0.102. The standard InChI is InChI=1S/C21H22N4O4S3/c1-29-17-10-9-16(13-18(17)32(27,28)25-11-5-6-12-25)19(26)22-20-23-24-21(31-20)30-14-15-7-3-2-4-8-15/h2-4,7-10,13H,5-6,11-12,14H2,1H3,(H,22,23,26). The third-order valence-corrected chi connectivity index (χ3v) is 8.90. The first-order valence-corrected chi connectivity index (χ1v) is 13.2. The van der Waals surface area contributed by atoms with Gasteiger partial charge < -0.3 is 4.74 Å². The van der Waals surface area contributed by atoms with Crippen molar-refractivity contribution in [2.24, 2.45) is 0 Å². The van der Waals surface area contributed by atoms with E-state index in [0.29, 0.717) is 18.2 Å². The van der Waals surface area contributed by atoms with Crippen molar-refractivity contribution < 1.29 is 17.9 Å². The van der Waals surface area contributed by atoms with Crippen LogP contribution in [-0.2, 0) is 15.8 Å². The van der Waals surface area contributed by atoms with Crippen molar-refractivity contribution >= 4 is 44.2 Å². The average Bonchev–Trinajstić information content (AvgIpc) is 3.51. The maximum Gasteiger partial charge on any atom is 0.257 e. The second-order valence-electron chi connectivity index (χ2n) is 7.08. The molecule has 1 amide bonds. The maximum absolute atomic E-state index is 13.0. The summed E-state index contributed by atoms with van der Waals surface area (Å²) >= 11 is 2.80. The predicted molar refractivity (Wildman–Crippen MR) is 125 cm³/mol. The fourth-order valence-corrected chi connectivity index (χ4v) is 6.70. The molecule has 0 saturated carbocycles. The molecule has 4 rings (SSSR count). The van der Waals surface area contributed by atoms with Gasteiger partial charge in [0.15, 0.2) is 4.34 Å². The first-order chi connectivity index (χ1) is 15.5. The van der Waals surface area contributed by atoms with Crippen LogP contribution in [0, 0.1) is 0 Å². The molecule has 0 bridgehead atoms. The van der Waals surface area contributed by atoms with E-state index in [-0.39, 0.29) is 16.2 Å². The quantitative estimate of drug-likeness (QED) is 0.378. The van der Waals surface area contributed by atoms with Crippen molar-refractivity contribution in [1.82, 2.24) is 14.5 Å². The van der Waals surface area contributed by atoms with Crippen molar-refractivity contribution in [1.29, 1.82) is 0 Å². The lowest BCUT2D eigenvalue weighted by atomic mass is 10.2. The van der Waals surface area contributed by atoms with Gasteiger partial charge in [-0.05, 0) is 36.6 Å². The predicted octanol–water partition coefficient (Wildman–Crippen LogP) is 3.88. The van der Waals surface area contributed by atoms with Crippen LogP contribution in [0.2, 0.25) is 0 Å². The average molecular weight is 491 g/mol. The van der Waals surface area contributed by atoms with Crippen LogP contribution in [0.15, 0.2) is 57.8 Å². The number of amides is 1. The van der Waals surface area contributed by atoms with Crippen molar-refractivity contribution in [2.45, 2.75) is 27.8 Å². The molecule has 1 N–H and O–H groups in total. The van der Waals surface area contributed by atoms with Gasteiger partial charge in [-0.15, -0.1) is 10.2 Å². The highest BCUT2D eigenvalue weighted by atomic mass is 32.2. The highest BCUT2D eigenvalue weighted by Crippen LogP contribution is 2.31. The Kier molecular flexibility index (Phi) is 7.09. The number of hydrogen-bond donors (Lipinski definition) is 1. The summed E-state index contributed by atoms with van der Waals surface area (Å²) in [6.45, 7) is 0.937. The normalized spacial score (nSPS) is 14.4. The summed E-state index contributed by atoms with van der Waals surface area (Å²) in [7, 11) is -2.33. The number of hydrogen-bond acceptors (Lipinski definition) is 8. The maximum atomic E-state index is 13.0. The van der Waals surface area contributed by atoms with Crippen LogP contribution < -0.4 is 10.1 Å². The van der Waals surface area contributed by atoms with Crippen LogP contribution in [0.3, 0.4) is 0 Å². The number of anilines is 1. The van der Waals surface area contributed by atoms with Crippen molar-refractivity contribution in [3.05, 3.63) is 59.7 Å². The number of aromatic nitrogens is 2. The molecule has 2 heterocycles. The molecule has 0 spiro atoms. The van der Waals surface area contributed by atoms with Gasteiger partial charge in [-0.2, -0.15) is 4.31 Å². The van der Waals surface area contributed by atoms with Crippen LogP contribution >= 0.6 is 23.1 Å². The molecule has 0 aliphatic carbocycles. The number of methoxy groups -OCH3 is 1. The van der Waals surface area contributed by atoms with E-state index < -0.39 is 15.9 Å². The third kappa shape index (κ3) is 5.12. The van der Waals surface area contributed by atoms with E-state index in [4.69, 9.17) is 4.74 Å². The fraction of sp³-hybridized carbons (Fsp3) is 0.286. The number of benzene rings is 2. The number of sulfonamides is 1. The lowest BCUT2D eigenvalue weighted by Gasteiger charge is -2.18. The number of carbonyl (C=O) groups excluding carboxylic acids is 1. The van der Waals surface area contributed by atoms with E-state index in [1.807, 2.05) is 30.3 Å². The van der Waals surface area contributed by atoms with Crippen molar-refractivity contribution in [2.75, 3.05) is 25.5 Å². The van der Waals surface area contributed by atoms with Crippen LogP contribution in [-0.4, -0.2) is 49.0 Å².